The molecule has 0 saturated carbocycles. The molecule has 0 unspecified atom stereocenters. The van der Waals surface area contributed by atoms with Crippen LogP contribution in [0.1, 0.15) is 22.3 Å². The van der Waals surface area contributed by atoms with Crippen molar-refractivity contribution in [2.45, 2.75) is 0 Å². The molecule has 0 spiro atoms. The topological polar surface area (TPSA) is 102 Å². The van der Waals surface area contributed by atoms with E-state index < -0.39 is 0 Å². The number of fused-ring (bicyclic) bond motifs is 2. The second-order valence-electron chi connectivity index (χ2n) is 13.6. The van der Waals surface area contributed by atoms with E-state index in [0.717, 1.165) is 54.7 Å². The fourth-order valence-corrected chi connectivity index (χ4v) is 7.75. The third-order valence-corrected chi connectivity index (χ3v) is 10.7. The van der Waals surface area contributed by atoms with Crippen molar-refractivity contribution in [3.05, 3.63) is 154 Å². The maximum atomic E-state index is 12.7. The van der Waals surface area contributed by atoms with Crippen LogP contribution < -0.4 is 28.7 Å². The Morgan fingerprint density at radius 2 is 0.864 bits per heavy atom. The van der Waals surface area contributed by atoms with Gasteiger partial charge in [-0.2, -0.15) is 0 Å². The number of benzene rings is 6. The molecule has 2 amide bonds. The van der Waals surface area contributed by atoms with E-state index in [4.69, 9.17) is 23.9 Å². The minimum atomic E-state index is -0.0992. The lowest BCUT2D eigenvalue weighted by Gasteiger charge is -2.24. The number of anilines is 2. The molecule has 11 heteroatoms. The van der Waals surface area contributed by atoms with Crippen LogP contribution in [0.5, 0.6) is 23.0 Å². The smallest absolute Gasteiger partial charge is 0.248 e. The number of ether oxygens (including phenoxy) is 4. The van der Waals surface area contributed by atoms with Crippen LogP contribution in [-0.4, -0.2) is 78.9 Å². The molecule has 0 bridgehead atoms. The van der Waals surface area contributed by atoms with Gasteiger partial charge in [-0.15, -0.1) is 0 Å². The highest BCUT2D eigenvalue weighted by molar-refractivity contribution is 9.10. The van der Waals surface area contributed by atoms with Gasteiger partial charge in [0.25, 0.3) is 0 Å². The van der Waals surface area contributed by atoms with Crippen molar-refractivity contribution in [2.75, 3.05) is 65.4 Å². The monoisotopic (exact) mass is 850 g/mol. The molecular weight excluding hydrogens is 808 g/mol. The molecule has 8 rings (SSSR count). The fraction of sp³-hybridized carbons (Fsp3) is 0.167. The molecule has 0 aliphatic carbocycles. The number of halogens is 1. The normalized spacial score (nSPS) is 13.4. The fourth-order valence-electron chi connectivity index (χ4n) is 7.35. The van der Waals surface area contributed by atoms with E-state index in [1.807, 2.05) is 127 Å². The Morgan fingerprint density at radius 3 is 1.25 bits per heavy atom. The Kier molecular flexibility index (Phi) is 12.2. The Bertz CT molecular complexity index is 2580. The van der Waals surface area contributed by atoms with Crippen molar-refractivity contribution in [3.63, 3.8) is 0 Å². The highest BCUT2D eigenvalue weighted by Crippen LogP contribution is 2.48. The van der Waals surface area contributed by atoms with Gasteiger partial charge in [-0.05, 0) is 23.3 Å². The Hall–Kier alpha value is -6.72. The summed E-state index contributed by atoms with van der Waals surface area (Å²) in [6.45, 7) is 0.126. The van der Waals surface area contributed by atoms with E-state index in [2.05, 4.69) is 20.9 Å². The summed E-state index contributed by atoms with van der Waals surface area (Å²) < 4.78 is 24.3. The second kappa shape index (κ2) is 17.8. The number of benzodiazepines with no additional fused rings is 2. The molecule has 2 aliphatic heterocycles. The molecule has 10 nitrogen and oxygen atoms in total. The van der Waals surface area contributed by atoms with Crippen molar-refractivity contribution < 1.29 is 28.5 Å². The quantitative estimate of drug-likeness (QED) is 0.152. The van der Waals surface area contributed by atoms with E-state index in [1.54, 1.807) is 52.3 Å². The summed E-state index contributed by atoms with van der Waals surface area (Å²) in [6, 6.07) is 41.4. The Labute approximate surface area is 352 Å². The summed E-state index contributed by atoms with van der Waals surface area (Å²) in [5, 5.41) is 0. The first kappa shape index (κ1) is 40.5. The molecule has 0 saturated heterocycles. The maximum absolute atomic E-state index is 12.7. The lowest BCUT2D eigenvalue weighted by molar-refractivity contribution is -0.117. The first-order chi connectivity index (χ1) is 28.7. The van der Waals surface area contributed by atoms with Gasteiger partial charge in [0, 0.05) is 41.8 Å². The van der Waals surface area contributed by atoms with E-state index in [1.165, 1.54) is 0 Å². The Balaban J connectivity index is 0.000000179. The molecule has 0 aromatic heterocycles. The second-order valence-corrected chi connectivity index (χ2v) is 14.5. The van der Waals surface area contributed by atoms with Crippen LogP contribution >= 0.6 is 15.9 Å². The molecule has 0 N–H and O–H groups in total. The van der Waals surface area contributed by atoms with E-state index >= 15 is 0 Å². The average molecular weight is 852 g/mol. The van der Waals surface area contributed by atoms with Crippen LogP contribution in [0.3, 0.4) is 0 Å². The molecule has 2 aliphatic rings. The van der Waals surface area contributed by atoms with Crippen LogP contribution in [0.4, 0.5) is 11.4 Å². The summed E-state index contributed by atoms with van der Waals surface area (Å²) in [5.41, 5.74) is 9.82. The molecular formula is C48H43BrN4O6. The molecule has 6 aromatic carbocycles. The van der Waals surface area contributed by atoms with Crippen molar-refractivity contribution >= 4 is 50.5 Å². The summed E-state index contributed by atoms with van der Waals surface area (Å²) >= 11 is 3.54. The van der Waals surface area contributed by atoms with Gasteiger partial charge >= 0.3 is 0 Å². The molecule has 6 aromatic rings. The highest BCUT2D eigenvalue weighted by Gasteiger charge is 2.32. The van der Waals surface area contributed by atoms with Gasteiger partial charge in [0.15, 0.2) is 0 Å². The van der Waals surface area contributed by atoms with E-state index in [0.29, 0.717) is 40.1 Å². The molecule has 0 fully saturated rings. The van der Waals surface area contributed by atoms with Crippen molar-refractivity contribution in [1.29, 1.82) is 0 Å². The van der Waals surface area contributed by atoms with Gasteiger partial charge in [0.05, 0.1) is 73.5 Å². The van der Waals surface area contributed by atoms with Crippen LogP contribution in [0.2, 0.25) is 0 Å². The molecule has 59 heavy (non-hydrogen) atoms. The largest absolute Gasteiger partial charge is 0.496 e. The molecule has 2 heterocycles. The van der Waals surface area contributed by atoms with Crippen molar-refractivity contribution in [1.82, 2.24) is 0 Å². The highest BCUT2D eigenvalue weighted by atomic mass is 79.9. The summed E-state index contributed by atoms with van der Waals surface area (Å²) in [6.07, 6.45) is 0. The third-order valence-electron chi connectivity index (χ3n) is 10.3. The lowest BCUT2D eigenvalue weighted by Crippen LogP contribution is -2.28. The van der Waals surface area contributed by atoms with Crippen LogP contribution in [-0.2, 0) is 9.59 Å². The summed E-state index contributed by atoms with van der Waals surface area (Å²) in [4.78, 5) is 37.9. The number of nitrogens with zero attached hydrogens (tertiary/aromatic N) is 4. The van der Waals surface area contributed by atoms with Gasteiger partial charge in [-0.3, -0.25) is 19.6 Å². The molecule has 0 atom stereocenters. The lowest BCUT2D eigenvalue weighted by atomic mass is 9.93. The number of hydrogen-bond acceptors (Lipinski definition) is 8. The number of carbonyl (C=O) groups is 2. The van der Waals surface area contributed by atoms with Crippen molar-refractivity contribution in [2.24, 2.45) is 9.98 Å². The first-order valence-electron chi connectivity index (χ1n) is 18.8. The van der Waals surface area contributed by atoms with Gasteiger partial charge in [0.1, 0.15) is 36.1 Å². The third kappa shape index (κ3) is 7.93. The predicted molar refractivity (Wildman–Crippen MR) is 238 cm³/mol. The predicted octanol–water partition coefficient (Wildman–Crippen LogP) is 9.13. The zero-order valence-corrected chi connectivity index (χ0v) is 35.2. The average Bonchev–Trinajstić information content (AvgIpc) is 3.49. The number of methoxy groups -OCH3 is 4. The van der Waals surface area contributed by atoms with E-state index in [-0.39, 0.29) is 24.9 Å². The van der Waals surface area contributed by atoms with Gasteiger partial charge in [-0.25, -0.2) is 0 Å². The number of aliphatic imine (C=N–C) groups is 2. The first-order valence-corrected chi connectivity index (χ1v) is 19.6. The number of rotatable bonds is 8. The number of likely N-dealkylation sites (N-methyl/N-ethyl adjacent to an activating group) is 2. The standard InChI is InChI=1S/C24H21BrN2O3.C24H22N2O3/c1-27-18-13-19(29-2)21(15-8-5-4-6-9-15)24(30-3)22(18)23(26-14-20(27)28)16-10-7-11-17(25)12-16;1-26-18-14-19(28-2)21(16-10-6-4-7-11-16)24(29-3)22(18)23(25-15-20(26)27)17-12-8-5-9-13-17/h4-13H,14H2,1-3H3;4-14H,15H2,1-3H3. The van der Waals surface area contributed by atoms with Crippen molar-refractivity contribution in [3.8, 4) is 45.3 Å². The zero-order valence-electron chi connectivity index (χ0n) is 33.7. The van der Waals surface area contributed by atoms with E-state index in [9.17, 15) is 9.59 Å². The Morgan fingerprint density at radius 1 is 0.475 bits per heavy atom. The maximum Gasteiger partial charge on any atom is 0.248 e. The van der Waals surface area contributed by atoms with Crippen LogP contribution in [0.25, 0.3) is 22.3 Å². The molecule has 298 valence electrons. The zero-order chi connectivity index (χ0) is 41.6. The number of amides is 2. The number of carbonyl (C=O) groups excluding carboxylic acids is 2. The van der Waals surface area contributed by atoms with Crippen LogP contribution in [0, 0.1) is 0 Å². The van der Waals surface area contributed by atoms with Crippen LogP contribution in [0.15, 0.2) is 142 Å². The number of hydrogen-bond donors (Lipinski definition) is 0. The van der Waals surface area contributed by atoms with Gasteiger partial charge in [-0.1, -0.05) is 119 Å². The summed E-state index contributed by atoms with van der Waals surface area (Å²) in [5.74, 6) is 2.34. The minimum absolute atomic E-state index is 0.0547. The SMILES string of the molecule is COc1cc2c(c(OC)c1-c1ccccc1)C(c1cccc(Br)c1)=NCC(=O)N2C.COc1cc2c(c(OC)c1-c1ccccc1)C(c1ccccc1)=NCC(=O)N2C. The molecule has 0 radical (unpaired) electrons. The van der Waals surface area contributed by atoms with Gasteiger partial charge in [0.2, 0.25) is 11.8 Å². The van der Waals surface area contributed by atoms with Gasteiger partial charge < -0.3 is 28.7 Å². The minimum Gasteiger partial charge on any atom is -0.496 e. The summed E-state index contributed by atoms with van der Waals surface area (Å²) in [7, 11) is 10.0.